The van der Waals surface area contributed by atoms with Crippen LogP contribution in [0.25, 0.3) is 10.2 Å². The van der Waals surface area contributed by atoms with Crippen molar-refractivity contribution >= 4 is 32.6 Å². The van der Waals surface area contributed by atoms with Crippen LogP contribution >= 0.6 is 11.3 Å². The van der Waals surface area contributed by atoms with Crippen LogP contribution in [0.15, 0.2) is 18.2 Å². The third-order valence-electron chi connectivity index (χ3n) is 4.02. The average molecular weight is 289 g/mol. The Bertz CT molecular complexity index is 629. The van der Waals surface area contributed by atoms with Crippen LogP contribution in [0, 0.1) is 5.92 Å². The third-order valence-corrected chi connectivity index (χ3v) is 5.10. The van der Waals surface area contributed by atoms with Crippen molar-refractivity contribution in [2.45, 2.75) is 26.2 Å². The average Bonchev–Trinajstić information content (AvgIpc) is 2.90. The number of aryl methyl sites for hydroxylation is 1. The quantitative estimate of drug-likeness (QED) is 0.944. The largest absolute Gasteiger partial charge is 0.369 e. The molecule has 1 saturated heterocycles. The smallest absolute Gasteiger partial charge is 0.220 e. The zero-order valence-electron chi connectivity index (χ0n) is 11.6. The molecule has 106 valence electrons. The van der Waals surface area contributed by atoms with E-state index in [4.69, 9.17) is 10.7 Å². The molecule has 1 amide bonds. The van der Waals surface area contributed by atoms with Gasteiger partial charge in [-0.3, -0.25) is 4.79 Å². The maximum Gasteiger partial charge on any atom is 0.220 e. The van der Waals surface area contributed by atoms with Crippen LogP contribution in [0.3, 0.4) is 0 Å². The van der Waals surface area contributed by atoms with Gasteiger partial charge in [0.25, 0.3) is 0 Å². The second kappa shape index (κ2) is 5.40. The number of nitrogens with two attached hydrogens (primary N) is 1. The molecule has 1 aromatic carbocycles. The topological polar surface area (TPSA) is 59.2 Å². The van der Waals surface area contributed by atoms with Gasteiger partial charge in [0.05, 0.1) is 10.2 Å². The summed E-state index contributed by atoms with van der Waals surface area (Å²) < 4.78 is 1.25. The second-order valence-corrected chi connectivity index (χ2v) is 6.32. The van der Waals surface area contributed by atoms with E-state index in [1.807, 2.05) is 0 Å². The van der Waals surface area contributed by atoms with Crippen LogP contribution in [-0.4, -0.2) is 24.0 Å². The van der Waals surface area contributed by atoms with Gasteiger partial charge >= 0.3 is 0 Å². The molecule has 2 N–H and O–H groups in total. The molecule has 0 bridgehead atoms. The van der Waals surface area contributed by atoms with E-state index in [1.54, 1.807) is 11.3 Å². The first kappa shape index (κ1) is 13.4. The molecule has 0 aliphatic carbocycles. The number of nitrogens with zero attached hydrogens (tertiary/aromatic N) is 2. The summed E-state index contributed by atoms with van der Waals surface area (Å²) in [6, 6.07) is 6.47. The minimum Gasteiger partial charge on any atom is -0.369 e. The summed E-state index contributed by atoms with van der Waals surface area (Å²) in [6.07, 6.45) is 2.73. The highest BCUT2D eigenvalue weighted by atomic mass is 32.1. The number of rotatable bonds is 3. The number of aromatic nitrogens is 1. The van der Waals surface area contributed by atoms with Crippen molar-refractivity contribution in [3.8, 4) is 0 Å². The molecule has 0 atom stereocenters. The molecule has 2 heterocycles. The number of fused-ring (bicyclic) bond motifs is 1. The number of piperidine rings is 1. The molecule has 0 radical (unpaired) electrons. The summed E-state index contributed by atoms with van der Waals surface area (Å²) >= 11 is 1.74. The van der Waals surface area contributed by atoms with Gasteiger partial charge in [0.15, 0.2) is 5.13 Å². The molecule has 3 rings (SSSR count). The third kappa shape index (κ3) is 2.50. The first-order valence-electron chi connectivity index (χ1n) is 7.11. The van der Waals surface area contributed by atoms with E-state index in [9.17, 15) is 4.79 Å². The predicted octanol–water partition coefficient (Wildman–Crippen LogP) is 2.56. The maximum absolute atomic E-state index is 11.2. The fraction of sp³-hybridized carbons (Fsp3) is 0.467. The summed E-state index contributed by atoms with van der Waals surface area (Å²) in [6.45, 7) is 3.90. The Hall–Kier alpha value is -1.62. The lowest BCUT2D eigenvalue weighted by molar-refractivity contribution is -0.122. The molecular weight excluding hydrogens is 270 g/mol. The van der Waals surface area contributed by atoms with E-state index >= 15 is 0 Å². The minimum absolute atomic E-state index is 0.0346. The Balaban J connectivity index is 1.79. The highest BCUT2D eigenvalue weighted by Crippen LogP contribution is 2.32. The van der Waals surface area contributed by atoms with Crippen molar-refractivity contribution in [3.05, 3.63) is 23.8 Å². The standard InChI is InChI=1S/C15H19N3OS/c1-2-10-3-4-12-13(9-10)20-15(17-12)18-7-5-11(6-8-18)14(16)19/h3-4,9,11H,2,5-8H2,1H3,(H2,16,19). The second-order valence-electron chi connectivity index (χ2n) is 5.32. The van der Waals surface area contributed by atoms with Crippen molar-refractivity contribution in [3.63, 3.8) is 0 Å². The fourth-order valence-electron chi connectivity index (χ4n) is 2.67. The number of hydrogen-bond acceptors (Lipinski definition) is 4. The molecule has 20 heavy (non-hydrogen) atoms. The number of anilines is 1. The summed E-state index contributed by atoms with van der Waals surface area (Å²) in [5.41, 5.74) is 7.79. The van der Waals surface area contributed by atoms with Gasteiger partial charge < -0.3 is 10.6 Å². The van der Waals surface area contributed by atoms with Crippen LogP contribution in [0.4, 0.5) is 5.13 Å². The van der Waals surface area contributed by atoms with Crippen molar-refractivity contribution < 1.29 is 4.79 Å². The van der Waals surface area contributed by atoms with E-state index in [0.29, 0.717) is 0 Å². The molecule has 2 aromatic rings. The number of amides is 1. The lowest BCUT2D eigenvalue weighted by atomic mass is 9.97. The first-order chi connectivity index (χ1) is 9.67. The van der Waals surface area contributed by atoms with E-state index < -0.39 is 0 Å². The number of thiazole rings is 1. The number of primary amides is 1. The Labute approximate surface area is 122 Å². The predicted molar refractivity (Wildman–Crippen MR) is 83.1 cm³/mol. The van der Waals surface area contributed by atoms with Gasteiger partial charge in [-0.05, 0) is 37.0 Å². The maximum atomic E-state index is 11.2. The Morgan fingerprint density at radius 2 is 2.20 bits per heavy atom. The molecule has 1 aliphatic heterocycles. The van der Waals surface area contributed by atoms with Crippen LogP contribution in [0.1, 0.15) is 25.3 Å². The van der Waals surface area contributed by atoms with Crippen molar-refractivity contribution in [2.24, 2.45) is 11.7 Å². The minimum atomic E-state index is -0.165. The van der Waals surface area contributed by atoms with Crippen LogP contribution in [0.2, 0.25) is 0 Å². The number of benzene rings is 1. The van der Waals surface area contributed by atoms with E-state index in [1.165, 1.54) is 10.3 Å². The van der Waals surface area contributed by atoms with E-state index in [0.717, 1.165) is 43.0 Å². The molecule has 0 spiro atoms. The van der Waals surface area contributed by atoms with Gasteiger partial charge in [-0.15, -0.1) is 0 Å². The van der Waals surface area contributed by atoms with Crippen molar-refractivity contribution in [1.82, 2.24) is 4.98 Å². The highest BCUT2D eigenvalue weighted by Gasteiger charge is 2.24. The zero-order valence-corrected chi connectivity index (χ0v) is 12.4. The lowest BCUT2D eigenvalue weighted by Gasteiger charge is -2.30. The summed E-state index contributed by atoms with van der Waals surface area (Å²) in [4.78, 5) is 18.2. The molecule has 4 nitrogen and oxygen atoms in total. The number of hydrogen-bond donors (Lipinski definition) is 1. The lowest BCUT2D eigenvalue weighted by Crippen LogP contribution is -2.38. The Morgan fingerprint density at radius 1 is 1.45 bits per heavy atom. The molecule has 0 unspecified atom stereocenters. The normalized spacial score (nSPS) is 16.8. The van der Waals surface area contributed by atoms with E-state index in [2.05, 4.69) is 30.0 Å². The van der Waals surface area contributed by atoms with Gasteiger partial charge in [-0.1, -0.05) is 24.3 Å². The SMILES string of the molecule is CCc1ccc2nc(N3CCC(C(N)=O)CC3)sc2c1. The van der Waals surface area contributed by atoms with Gasteiger partial charge in [0.1, 0.15) is 0 Å². The summed E-state index contributed by atoms with van der Waals surface area (Å²) in [7, 11) is 0. The van der Waals surface area contributed by atoms with Gasteiger partial charge in [0.2, 0.25) is 5.91 Å². The Kier molecular flexibility index (Phi) is 3.61. The number of carbonyl (C=O) groups is 1. The van der Waals surface area contributed by atoms with Crippen LogP contribution in [0.5, 0.6) is 0 Å². The molecule has 1 fully saturated rings. The van der Waals surface area contributed by atoms with Gasteiger partial charge in [0, 0.05) is 19.0 Å². The fourth-order valence-corrected chi connectivity index (χ4v) is 3.75. The van der Waals surface area contributed by atoms with Crippen LogP contribution in [-0.2, 0) is 11.2 Å². The molecular formula is C15H19N3OS. The first-order valence-corrected chi connectivity index (χ1v) is 7.92. The van der Waals surface area contributed by atoms with Crippen molar-refractivity contribution in [2.75, 3.05) is 18.0 Å². The van der Waals surface area contributed by atoms with E-state index in [-0.39, 0.29) is 11.8 Å². The molecule has 1 aliphatic rings. The number of carbonyl (C=O) groups excluding carboxylic acids is 1. The zero-order chi connectivity index (χ0) is 14.1. The summed E-state index contributed by atoms with van der Waals surface area (Å²) in [5.74, 6) is -0.131. The van der Waals surface area contributed by atoms with Gasteiger partial charge in [-0.25, -0.2) is 4.98 Å². The van der Waals surface area contributed by atoms with Gasteiger partial charge in [-0.2, -0.15) is 0 Å². The molecule has 1 aromatic heterocycles. The Morgan fingerprint density at radius 3 is 2.85 bits per heavy atom. The monoisotopic (exact) mass is 289 g/mol. The summed E-state index contributed by atoms with van der Waals surface area (Å²) in [5, 5.41) is 1.07. The van der Waals surface area contributed by atoms with Crippen molar-refractivity contribution in [1.29, 1.82) is 0 Å². The highest BCUT2D eigenvalue weighted by molar-refractivity contribution is 7.22. The van der Waals surface area contributed by atoms with Crippen LogP contribution < -0.4 is 10.6 Å². The molecule has 5 heteroatoms. The molecule has 0 saturated carbocycles.